The van der Waals surface area contributed by atoms with E-state index in [1.54, 1.807) is 11.3 Å². The van der Waals surface area contributed by atoms with Gasteiger partial charge in [0, 0.05) is 12.5 Å². The Morgan fingerprint density at radius 2 is 2.54 bits per heavy atom. The molecule has 0 bridgehead atoms. The Morgan fingerprint density at radius 3 is 3.00 bits per heavy atom. The second-order valence-electron chi connectivity index (χ2n) is 2.70. The lowest BCUT2D eigenvalue weighted by atomic mass is 10.1. The average Bonchev–Trinajstić information content (AvgIpc) is 2.51. The first-order valence-electron chi connectivity index (χ1n) is 4.18. The summed E-state index contributed by atoms with van der Waals surface area (Å²) < 4.78 is 1.16. The van der Waals surface area contributed by atoms with E-state index in [9.17, 15) is 0 Å². The molecule has 0 spiro atoms. The van der Waals surface area contributed by atoms with Crippen molar-refractivity contribution in [1.82, 2.24) is 5.32 Å². The summed E-state index contributed by atoms with van der Waals surface area (Å²) in [6.07, 6.45) is 6.05. The van der Waals surface area contributed by atoms with Gasteiger partial charge in [-0.05, 0) is 39.5 Å². The molecule has 1 aromatic heterocycles. The van der Waals surface area contributed by atoms with Gasteiger partial charge in [-0.1, -0.05) is 6.92 Å². The summed E-state index contributed by atoms with van der Waals surface area (Å²) in [5, 5.41) is 5.49. The molecule has 1 N–H and O–H groups in total. The summed E-state index contributed by atoms with van der Waals surface area (Å²) in [4.78, 5) is 0. The topological polar surface area (TPSA) is 12.0 Å². The van der Waals surface area contributed by atoms with Crippen molar-refractivity contribution >= 4 is 27.3 Å². The standard InChI is InChI=1S/C10H12BrNS/c1-3-5-9(12-4-2)8-6-10(11)13-7-8/h1,6-7,9,12H,4-5H2,2H3. The van der Waals surface area contributed by atoms with Crippen LogP contribution in [0, 0.1) is 12.3 Å². The summed E-state index contributed by atoms with van der Waals surface area (Å²) >= 11 is 5.13. The first-order chi connectivity index (χ1) is 6.27. The first kappa shape index (κ1) is 10.8. The van der Waals surface area contributed by atoms with Crippen LogP contribution in [0.25, 0.3) is 0 Å². The Bertz CT molecular complexity index is 300. The molecule has 0 fully saturated rings. The van der Waals surface area contributed by atoms with E-state index < -0.39 is 0 Å². The number of hydrogen-bond acceptors (Lipinski definition) is 2. The Hall–Kier alpha value is -0.300. The zero-order valence-electron chi connectivity index (χ0n) is 7.51. The van der Waals surface area contributed by atoms with E-state index in [4.69, 9.17) is 6.42 Å². The van der Waals surface area contributed by atoms with Crippen LogP contribution < -0.4 is 5.32 Å². The maximum atomic E-state index is 5.31. The van der Waals surface area contributed by atoms with Crippen molar-refractivity contribution in [3.8, 4) is 12.3 Å². The fraction of sp³-hybridized carbons (Fsp3) is 0.400. The van der Waals surface area contributed by atoms with E-state index in [-0.39, 0.29) is 0 Å². The van der Waals surface area contributed by atoms with E-state index in [0.29, 0.717) is 6.04 Å². The van der Waals surface area contributed by atoms with Gasteiger partial charge in [0.2, 0.25) is 0 Å². The Morgan fingerprint density at radius 1 is 1.77 bits per heavy atom. The van der Waals surface area contributed by atoms with E-state index in [1.165, 1.54) is 5.56 Å². The Labute approximate surface area is 91.7 Å². The highest BCUT2D eigenvalue weighted by Gasteiger charge is 2.09. The molecule has 1 nitrogen and oxygen atoms in total. The molecule has 0 saturated carbocycles. The van der Waals surface area contributed by atoms with Gasteiger partial charge in [0.15, 0.2) is 0 Å². The first-order valence-corrected chi connectivity index (χ1v) is 5.86. The molecule has 0 radical (unpaired) electrons. The third-order valence-corrected chi connectivity index (χ3v) is 3.29. The van der Waals surface area contributed by atoms with Gasteiger partial charge in [-0.25, -0.2) is 0 Å². The SMILES string of the molecule is C#CCC(NCC)c1csc(Br)c1. The monoisotopic (exact) mass is 257 g/mol. The second kappa shape index (κ2) is 5.43. The lowest BCUT2D eigenvalue weighted by Gasteiger charge is -2.12. The van der Waals surface area contributed by atoms with Gasteiger partial charge in [-0.3, -0.25) is 0 Å². The van der Waals surface area contributed by atoms with Gasteiger partial charge in [0.25, 0.3) is 0 Å². The van der Waals surface area contributed by atoms with Crippen molar-refractivity contribution in [3.63, 3.8) is 0 Å². The van der Waals surface area contributed by atoms with E-state index in [2.05, 4.69) is 45.5 Å². The average molecular weight is 258 g/mol. The van der Waals surface area contributed by atoms with Crippen LogP contribution in [-0.4, -0.2) is 6.54 Å². The summed E-state index contributed by atoms with van der Waals surface area (Å²) in [5.41, 5.74) is 1.27. The summed E-state index contributed by atoms with van der Waals surface area (Å²) in [7, 11) is 0. The van der Waals surface area contributed by atoms with Crippen molar-refractivity contribution in [1.29, 1.82) is 0 Å². The molecule has 0 aliphatic heterocycles. The number of rotatable bonds is 4. The molecule has 1 unspecified atom stereocenters. The Kier molecular flexibility index (Phi) is 4.51. The fourth-order valence-corrected chi connectivity index (χ4v) is 2.41. The molecule has 0 amide bonds. The fourth-order valence-electron chi connectivity index (χ4n) is 1.18. The van der Waals surface area contributed by atoms with Crippen LogP contribution in [0.1, 0.15) is 24.9 Å². The lowest BCUT2D eigenvalue weighted by molar-refractivity contribution is 0.567. The van der Waals surface area contributed by atoms with E-state index in [0.717, 1.165) is 16.8 Å². The molecule has 0 aliphatic rings. The molecular weight excluding hydrogens is 246 g/mol. The minimum absolute atomic E-state index is 0.303. The minimum atomic E-state index is 0.303. The summed E-state index contributed by atoms with van der Waals surface area (Å²) in [5.74, 6) is 2.69. The van der Waals surface area contributed by atoms with Gasteiger partial charge in [-0.2, -0.15) is 0 Å². The molecule has 0 saturated heterocycles. The summed E-state index contributed by atoms with van der Waals surface area (Å²) in [6, 6.07) is 2.42. The molecule has 1 aromatic rings. The van der Waals surface area contributed by atoms with Crippen LogP contribution in [0.15, 0.2) is 15.2 Å². The van der Waals surface area contributed by atoms with Crippen molar-refractivity contribution in [2.45, 2.75) is 19.4 Å². The van der Waals surface area contributed by atoms with Crippen LogP contribution in [0.3, 0.4) is 0 Å². The molecule has 3 heteroatoms. The molecule has 0 aliphatic carbocycles. The highest BCUT2D eigenvalue weighted by Crippen LogP contribution is 2.26. The van der Waals surface area contributed by atoms with Gasteiger partial charge in [0.1, 0.15) is 0 Å². The van der Waals surface area contributed by atoms with Crippen LogP contribution in [-0.2, 0) is 0 Å². The highest BCUT2D eigenvalue weighted by molar-refractivity contribution is 9.11. The van der Waals surface area contributed by atoms with Crippen molar-refractivity contribution in [3.05, 3.63) is 20.8 Å². The third kappa shape index (κ3) is 3.15. The minimum Gasteiger partial charge on any atom is -0.309 e. The predicted octanol–water partition coefficient (Wildman–Crippen LogP) is 3.18. The van der Waals surface area contributed by atoms with Crippen LogP contribution in [0.4, 0.5) is 0 Å². The molecule has 0 aromatic carbocycles. The maximum Gasteiger partial charge on any atom is 0.0701 e. The lowest BCUT2D eigenvalue weighted by Crippen LogP contribution is -2.19. The van der Waals surface area contributed by atoms with Crippen LogP contribution >= 0.6 is 27.3 Å². The number of nitrogens with one attached hydrogen (secondary N) is 1. The van der Waals surface area contributed by atoms with Gasteiger partial charge >= 0.3 is 0 Å². The largest absolute Gasteiger partial charge is 0.309 e. The Balaban J connectivity index is 2.70. The molecule has 70 valence electrons. The highest BCUT2D eigenvalue weighted by atomic mass is 79.9. The molecular formula is C10H12BrNS. The smallest absolute Gasteiger partial charge is 0.0701 e. The quantitative estimate of drug-likeness (QED) is 0.818. The number of hydrogen-bond donors (Lipinski definition) is 1. The predicted molar refractivity (Wildman–Crippen MR) is 61.9 cm³/mol. The molecule has 1 rings (SSSR count). The van der Waals surface area contributed by atoms with Crippen molar-refractivity contribution < 1.29 is 0 Å². The zero-order valence-corrected chi connectivity index (χ0v) is 9.91. The van der Waals surface area contributed by atoms with E-state index >= 15 is 0 Å². The maximum absolute atomic E-state index is 5.31. The van der Waals surface area contributed by atoms with Crippen LogP contribution in [0.5, 0.6) is 0 Å². The van der Waals surface area contributed by atoms with Gasteiger partial charge in [-0.15, -0.1) is 23.7 Å². The molecule has 1 atom stereocenters. The molecule has 1 heterocycles. The summed E-state index contributed by atoms with van der Waals surface area (Å²) in [6.45, 7) is 3.03. The third-order valence-electron chi connectivity index (χ3n) is 1.76. The van der Waals surface area contributed by atoms with Crippen molar-refractivity contribution in [2.75, 3.05) is 6.54 Å². The van der Waals surface area contributed by atoms with E-state index in [1.807, 2.05) is 0 Å². The van der Waals surface area contributed by atoms with Crippen molar-refractivity contribution in [2.24, 2.45) is 0 Å². The number of thiophene rings is 1. The van der Waals surface area contributed by atoms with Crippen LogP contribution in [0.2, 0.25) is 0 Å². The molecule has 13 heavy (non-hydrogen) atoms. The number of terminal acetylenes is 1. The van der Waals surface area contributed by atoms with Gasteiger partial charge < -0.3 is 5.32 Å². The number of halogens is 1. The second-order valence-corrected chi connectivity index (χ2v) is 4.99. The normalized spacial score (nSPS) is 12.4. The zero-order chi connectivity index (χ0) is 9.68. The van der Waals surface area contributed by atoms with Gasteiger partial charge in [0.05, 0.1) is 3.79 Å².